The average Bonchev–Trinajstić information content (AvgIpc) is 3.37. The minimum absolute atomic E-state index is 0.00703. The molecule has 0 radical (unpaired) electrons. The number of rotatable bonds is 6. The number of fused-ring (bicyclic) bond motifs is 7. The third-order valence-electron chi connectivity index (χ3n) is 14.1. The number of nitrogens with zero attached hydrogens (tertiary/aromatic N) is 1. The van der Waals surface area contributed by atoms with Gasteiger partial charge in [0.05, 0.1) is 12.2 Å². The minimum atomic E-state index is -0.0867. The van der Waals surface area contributed by atoms with E-state index in [1.807, 2.05) is 0 Å². The number of aliphatic hydroxyl groups excluding tert-OH is 1. The van der Waals surface area contributed by atoms with E-state index in [9.17, 15) is 9.90 Å². The lowest BCUT2D eigenvalue weighted by Gasteiger charge is -2.60. The van der Waals surface area contributed by atoms with Crippen LogP contribution in [0.1, 0.15) is 108 Å². The Kier molecular flexibility index (Phi) is 7.64. The van der Waals surface area contributed by atoms with Crippen molar-refractivity contribution in [2.45, 2.75) is 116 Å². The van der Waals surface area contributed by atoms with Gasteiger partial charge in [0, 0.05) is 36.4 Å². The van der Waals surface area contributed by atoms with Crippen LogP contribution in [0.15, 0.2) is 24.5 Å². The van der Waals surface area contributed by atoms with Crippen LogP contribution in [0, 0.1) is 34.5 Å². The summed E-state index contributed by atoms with van der Waals surface area (Å²) in [5.74, 6) is 4.64. The number of hydrogen-bond acceptors (Lipinski definition) is 5. The number of amides is 1. The molecular weight excluding hydrogens is 560 g/mol. The molecule has 1 amide bonds. The number of nitrogens with one attached hydrogen (secondary N) is 1. The molecule has 2 N–H and O–H groups in total. The van der Waals surface area contributed by atoms with Crippen molar-refractivity contribution >= 4 is 17.2 Å². The second-order valence-electron chi connectivity index (χ2n) is 16.3. The number of hydrogen-bond donors (Lipinski definition) is 2. The van der Waals surface area contributed by atoms with E-state index in [-0.39, 0.29) is 30.1 Å². The van der Waals surface area contributed by atoms with Crippen LogP contribution < -0.4 is 15.0 Å². The lowest BCUT2D eigenvalue weighted by molar-refractivity contribution is -0.147. The highest BCUT2D eigenvalue weighted by molar-refractivity contribution is 5.82. The molecule has 244 valence electrons. The van der Waals surface area contributed by atoms with Crippen LogP contribution >= 0.6 is 0 Å². The summed E-state index contributed by atoms with van der Waals surface area (Å²) in [7, 11) is 0. The Hall–Kier alpha value is -2.31. The monoisotopic (exact) mass is 614 g/mol. The molecule has 3 unspecified atom stereocenters. The molecule has 6 heteroatoms. The van der Waals surface area contributed by atoms with Crippen LogP contribution in [-0.2, 0) is 22.4 Å². The summed E-state index contributed by atoms with van der Waals surface area (Å²) in [5, 5.41) is 13.5. The smallest absolute Gasteiger partial charge is 0.246 e. The fourth-order valence-corrected chi connectivity index (χ4v) is 11.9. The maximum atomic E-state index is 13.1. The van der Waals surface area contributed by atoms with Gasteiger partial charge in [-0.25, -0.2) is 0 Å². The molecule has 0 aromatic heterocycles. The zero-order chi connectivity index (χ0) is 30.9. The van der Waals surface area contributed by atoms with Gasteiger partial charge in [-0.3, -0.25) is 4.79 Å². The minimum Gasteiger partial charge on any atom is -0.457 e. The number of anilines is 1. The van der Waals surface area contributed by atoms with Crippen LogP contribution in [0.25, 0.3) is 5.57 Å². The van der Waals surface area contributed by atoms with Crippen molar-refractivity contribution < 1.29 is 19.4 Å². The number of carbonyl (C=O) groups excluding carboxylic acids is 1. The number of aryl methyl sites for hydroxylation is 1. The number of aliphatic hydroxyl groups is 1. The molecule has 0 saturated heterocycles. The van der Waals surface area contributed by atoms with Crippen LogP contribution in [0.3, 0.4) is 0 Å². The van der Waals surface area contributed by atoms with E-state index in [4.69, 9.17) is 9.47 Å². The first-order valence-corrected chi connectivity index (χ1v) is 18.3. The van der Waals surface area contributed by atoms with Gasteiger partial charge in [0.25, 0.3) is 0 Å². The Morgan fingerprint density at radius 3 is 2.73 bits per heavy atom. The first-order valence-electron chi connectivity index (χ1n) is 18.3. The molecule has 4 aliphatic carbocycles. The van der Waals surface area contributed by atoms with Crippen molar-refractivity contribution in [3.63, 3.8) is 0 Å². The average molecular weight is 615 g/mol. The Morgan fingerprint density at radius 1 is 1.07 bits per heavy atom. The van der Waals surface area contributed by atoms with Gasteiger partial charge in [-0.15, -0.1) is 0 Å². The first kappa shape index (κ1) is 30.1. The van der Waals surface area contributed by atoms with Gasteiger partial charge in [-0.1, -0.05) is 20.4 Å². The summed E-state index contributed by atoms with van der Waals surface area (Å²) in [5.41, 5.74) is 7.19. The molecule has 4 fully saturated rings. The quantitative estimate of drug-likeness (QED) is 0.362. The van der Waals surface area contributed by atoms with Crippen molar-refractivity contribution in [3.05, 3.63) is 41.2 Å². The van der Waals surface area contributed by atoms with Crippen LogP contribution in [-0.4, -0.2) is 49.5 Å². The normalized spacial score (nSPS) is 38.2. The van der Waals surface area contributed by atoms with Gasteiger partial charge in [-0.2, -0.15) is 0 Å². The number of benzene rings is 1. The van der Waals surface area contributed by atoms with Crippen molar-refractivity contribution in [1.82, 2.24) is 5.32 Å². The fraction of sp³-hybridized carbons (Fsp3) is 0.718. The molecule has 8 rings (SSSR count). The van der Waals surface area contributed by atoms with Crippen molar-refractivity contribution in [1.29, 1.82) is 0 Å². The van der Waals surface area contributed by atoms with E-state index in [0.29, 0.717) is 29.6 Å². The predicted molar refractivity (Wildman–Crippen MR) is 178 cm³/mol. The molecule has 7 aliphatic rings. The summed E-state index contributed by atoms with van der Waals surface area (Å²) in [6, 6.07) is 2.35. The lowest BCUT2D eigenvalue weighted by Crippen LogP contribution is -2.54. The summed E-state index contributed by atoms with van der Waals surface area (Å²) in [6.07, 6.45) is 18.0. The zero-order valence-corrected chi connectivity index (χ0v) is 27.7. The van der Waals surface area contributed by atoms with Gasteiger partial charge >= 0.3 is 0 Å². The van der Waals surface area contributed by atoms with Crippen molar-refractivity contribution in [3.8, 4) is 5.75 Å². The fourth-order valence-electron chi connectivity index (χ4n) is 11.9. The topological polar surface area (TPSA) is 71.0 Å². The van der Waals surface area contributed by atoms with E-state index in [0.717, 1.165) is 69.2 Å². The highest BCUT2D eigenvalue weighted by Crippen LogP contribution is 2.66. The second kappa shape index (κ2) is 11.4. The third kappa shape index (κ3) is 4.99. The zero-order valence-electron chi connectivity index (χ0n) is 27.7. The Balaban J connectivity index is 0.875. The summed E-state index contributed by atoms with van der Waals surface area (Å²) < 4.78 is 12.8. The largest absolute Gasteiger partial charge is 0.457 e. The third-order valence-corrected chi connectivity index (χ3v) is 14.1. The van der Waals surface area contributed by atoms with Crippen molar-refractivity contribution in [2.75, 3.05) is 31.1 Å². The molecule has 1 aromatic carbocycles. The Bertz CT molecular complexity index is 1400. The Morgan fingerprint density at radius 2 is 1.87 bits per heavy atom. The van der Waals surface area contributed by atoms with E-state index in [1.54, 1.807) is 0 Å². The molecular formula is C39H54N2O4. The van der Waals surface area contributed by atoms with Crippen LogP contribution in [0.2, 0.25) is 0 Å². The highest BCUT2D eigenvalue weighted by Gasteiger charge is 2.60. The molecule has 6 nitrogen and oxygen atoms in total. The van der Waals surface area contributed by atoms with Gasteiger partial charge in [-0.05, 0) is 148 Å². The molecule has 3 heterocycles. The number of allylic oxidation sites excluding steroid dienone is 1. The molecule has 0 spiro atoms. The van der Waals surface area contributed by atoms with Crippen LogP contribution in [0.5, 0.6) is 5.75 Å². The van der Waals surface area contributed by atoms with E-state index < -0.39 is 0 Å². The standard InChI is InChI=1S/C39H54N2O4/c1-24-20-25(31-21-26-6-4-18-41-19-5-7-30(36(26)41)37(31)45-24)14-17-40-35(43)23-44-34-11-10-32-29-9-8-27-22-28(42)12-15-38(27,2)33(29)13-16-39(32,34)3/h20-21,27-29,32-34,42H,1,4-19,22-23H2,2-3H3,(H,40,43)/t27-,28+,29?,32?,33?,34-,38-,39-/m0/s1. The van der Waals surface area contributed by atoms with Gasteiger partial charge in [0.15, 0.2) is 0 Å². The number of ether oxygens (including phenoxy) is 2. The number of carbonyl (C=O) groups is 1. The first-order chi connectivity index (χ1) is 21.7. The summed E-state index contributed by atoms with van der Waals surface area (Å²) in [4.78, 5) is 15.6. The predicted octanol–water partition coefficient (Wildman–Crippen LogP) is 6.97. The van der Waals surface area contributed by atoms with Crippen molar-refractivity contribution in [2.24, 2.45) is 34.5 Å². The van der Waals surface area contributed by atoms with Gasteiger partial charge in [0.2, 0.25) is 5.91 Å². The van der Waals surface area contributed by atoms with Gasteiger partial charge < -0.3 is 24.8 Å². The molecule has 1 aromatic rings. The van der Waals surface area contributed by atoms with E-state index >= 15 is 0 Å². The van der Waals surface area contributed by atoms with Gasteiger partial charge in [0.1, 0.15) is 18.1 Å². The van der Waals surface area contributed by atoms with Crippen LogP contribution in [0.4, 0.5) is 5.69 Å². The van der Waals surface area contributed by atoms with E-state index in [1.165, 1.54) is 79.3 Å². The summed E-state index contributed by atoms with van der Waals surface area (Å²) in [6.45, 7) is 12.2. The Labute approximate surface area is 270 Å². The van der Waals surface area contributed by atoms with E-state index in [2.05, 4.69) is 42.8 Å². The summed E-state index contributed by atoms with van der Waals surface area (Å²) >= 11 is 0. The highest BCUT2D eigenvalue weighted by atomic mass is 16.5. The maximum Gasteiger partial charge on any atom is 0.246 e. The SMILES string of the molecule is C=C1C=C(CCNC(=O)CO[C@H]2CCC3C4CC[C@H]5C[C@H](O)CC[C@]5(C)C4CC[C@@]32C)c2cc3c4c(c2O1)CCCN4CCC3. The molecule has 8 atom stereocenters. The lowest BCUT2D eigenvalue weighted by atomic mass is 9.45. The molecule has 3 aliphatic heterocycles. The molecule has 4 saturated carbocycles. The second-order valence-corrected chi connectivity index (χ2v) is 16.3. The molecule has 0 bridgehead atoms. The molecule has 45 heavy (non-hydrogen) atoms. The maximum absolute atomic E-state index is 13.1.